The van der Waals surface area contributed by atoms with Gasteiger partial charge in [0.2, 0.25) is 5.95 Å². The van der Waals surface area contributed by atoms with E-state index < -0.39 is 0 Å². The summed E-state index contributed by atoms with van der Waals surface area (Å²) in [4.78, 5) is 18.6. The summed E-state index contributed by atoms with van der Waals surface area (Å²) in [6, 6.07) is 5.29. The first-order valence-corrected chi connectivity index (χ1v) is 9.21. The van der Waals surface area contributed by atoms with Crippen molar-refractivity contribution < 1.29 is 4.74 Å². The number of rotatable bonds is 3. The monoisotopic (exact) mass is 337 g/mol. The summed E-state index contributed by atoms with van der Waals surface area (Å²) in [7, 11) is 0. The van der Waals surface area contributed by atoms with E-state index in [1.165, 1.54) is 29.7 Å². The van der Waals surface area contributed by atoms with Crippen LogP contribution in [-0.4, -0.2) is 52.2 Å². The molecular weight excluding hydrogens is 314 g/mol. The fourth-order valence-electron chi connectivity index (χ4n) is 4.42. The van der Waals surface area contributed by atoms with Crippen LogP contribution in [0.3, 0.4) is 0 Å². The highest BCUT2D eigenvalue weighted by Crippen LogP contribution is 2.43. The number of aromatic nitrogens is 3. The highest BCUT2D eigenvalue weighted by atomic mass is 16.5. The Balaban J connectivity index is 1.40. The molecule has 5 heterocycles. The van der Waals surface area contributed by atoms with Gasteiger partial charge in [0, 0.05) is 62.3 Å². The number of anilines is 1. The van der Waals surface area contributed by atoms with Gasteiger partial charge >= 0.3 is 0 Å². The van der Waals surface area contributed by atoms with Gasteiger partial charge in [0.05, 0.1) is 18.9 Å². The molecule has 5 rings (SSSR count). The van der Waals surface area contributed by atoms with Gasteiger partial charge in [0.1, 0.15) is 0 Å². The molecule has 0 amide bonds. The summed E-state index contributed by atoms with van der Waals surface area (Å²) < 4.78 is 5.44. The van der Waals surface area contributed by atoms with Gasteiger partial charge < -0.3 is 9.64 Å². The van der Waals surface area contributed by atoms with Crippen LogP contribution in [0.2, 0.25) is 0 Å². The van der Waals surface area contributed by atoms with E-state index in [0.717, 1.165) is 45.2 Å². The molecule has 2 atom stereocenters. The zero-order valence-corrected chi connectivity index (χ0v) is 14.3. The number of morpholine rings is 1. The lowest BCUT2D eigenvalue weighted by molar-refractivity contribution is 0.122. The van der Waals surface area contributed by atoms with Crippen LogP contribution in [0.15, 0.2) is 30.7 Å². The molecule has 0 N–H and O–H groups in total. The highest BCUT2D eigenvalue weighted by Gasteiger charge is 2.40. The topological polar surface area (TPSA) is 54.4 Å². The van der Waals surface area contributed by atoms with Gasteiger partial charge in [-0.3, -0.25) is 9.88 Å². The van der Waals surface area contributed by atoms with Crippen molar-refractivity contribution in [1.29, 1.82) is 0 Å². The van der Waals surface area contributed by atoms with Crippen molar-refractivity contribution in [2.45, 2.75) is 37.9 Å². The molecule has 130 valence electrons. The van der Waals surface area contributed by atoms with E-state index in [1.54, 1.807) is 0 Å². The molecule has 0 radical (unpaired) electrons. The third-order valence-electron chi connectivity index (χ3n) is 5.73. The summed E-state index contributed by atoms with van der Waals surface area (Å²) >= 11 is 0. The molecule has 2 fully saturated rings. The molecule has 3 aliphatic heterocycles. The first kappa shape index (κ1) is 15.2. The maximum Gasteiger partial charge on any atom is 0.225 e. The van der Waals surface area contributed by atoms with Gasteiger partial charge in [-0.05, 0) is 30.5 Å². The van der Waals surface area contributed by atoms with Crippen LogP contribution in [-0.2, 0) is 17.7 Å². The minimum absolute atomic E-state index is 0.459. The van der Waals surface area contributed by atoms with Crippen molar-refractivity contribution in [3.63, 3.8) is 0 Å². The summed E-state index contributed by atoms with van der Waals surface area (Å²) in [5, 5.41) is 0. The van der Waals surface area contributed by atoms with Crippen LogP contribution < -0.4 is 4.90 Å². The molecule has 2 aromatic heterocycles. The predicted molar refractivity (Wildman–Crippen MR) is 94.3 cm³/mol. The summed E-state index contributed by atoms with van der Waals surface area (Å²) in [5.41, 5.74) is 3.93. The van der Waals surface area contributed by atoms with E-state index in [0.29, 0.717) is 12.1 Å². The standard InChI is InChI=1S/C19H23N5O/c1-2-18-16-12-21-19(23-7-9-25-10-8-23)22-17(16)11-15(1)24(18)13-14-3-5-20-6-4-14/h3-6,12,15,18H,1-2,7-11,13H2. The van der Waals surface area contributed by atoms with E-state index in [4.69, 9.17) is 14.7 Å². The first-order valence-electron chi connectivity index (χ1n) is 9.21. The summed E-state index contributed by atoms with van der Waals surface area (Å²) in [6.07, 6.45) is 9.34. The van der Waals surface area contributed by atoms with Crippen LogP contribution in [0, 0.1) is 0 Å². The van der Waals surface area contributed by atoms with Crippen molar-refractivity contribution in [3.05, 3.63) is 47.5 Å². The minimum atomic E-state index is 0.459. The lowest BCUT2D eigenvalue weighted by Crippen LogP contribution is -2.40. The van der Waals surface area contributed by atoms with Gasteiger partial charge in [0.25, 0.3) is 0 Å². The second-order valence-corrected chi connectivity index (χ2v) is 7.15. The Morgan fingerprint density at radius 1 is 1.12 bits per heavy atom. The third-order valence-corrected chi connectivity index (χ3v) is 5.73. The van der Waals surface area contributed by atoms with Crippen molar-refractivity contribution in [3.8, 4) is 0 Å². The predicted octanol–water partition coefficient (Wildman–Crippen LogP) is 1.97. The summed E-state index contributed by atoms with van der Waals surface area (Å²) in [5.74, 6) is 0.879. The molecule has 6 heteroatoms. The zero-order chi connectivity index (χ0) is 16.6. The lowest BCUT2D eigenvalue weighted by Gasteiger charge is -2.36. The molecule has 0 aliphatic carbocycles. The van der Waals surface area contributed by atoms with E-state index in [1.807, 2.05) is 12.4 Å². The van der Waals surface area contributed by atoms with Gasteiger partial charge in [0.15, 0.2) is 0 Å². The van der Waals surface area contributed by atoms with Crippen LogP contribution in [0.5, 0.6) is 0 Å². The Kier molecular flexibility index (Phi) is 3.87. The van der Waals surface area contributed by atoms with Gasteiger partial charge in [-0.25, -0.2) is 9.97 Å². The minimum Gasteiger partial charge on any atom is -0.378 e. The molecule has 25 heavy (non-hydrogen) atoms. The fourth-order valence-corrected chi connectivity index (χ4v) is 4.42. The molecule has 2 unspecified atom stereocenters. The van der Waals surface area contributed by atoms with Gasteiger partial charge in [-0.2, -0.15) is 0 Å². The van der Waals surface area contributed by atoms with Crippen molar-refractivity contribution in [2.75, 3.05) is 31.2 Å². The van der Waals surface area contributed by atoms with Crippen molar-refractivity contribution in [1.82, 2.24) is 19.9 Å². The average Bonchev–Trinajstić information content (AvgIpc) is 2.95. The molecule has 2 bridgehead atoms. The Hall–Kier alpha value is -2.05. The molecule has 2 saturated heterocycles. The smallest absolute Gasteiger partial charge is 0.225 e. The normalized spacial score (nSPS) is 25.8. The molecule has 0 spiro atoms. The first-order chi connectivity index (χ1) is 12.4. The van der Waals surface area contributed by atoms with E-state index >= 15 is 0 Å². The second-order valence-electron chi connectivity index (χ2n) is 7.15. The molecular formula is C19H23N5O. The molecule has 3 aliphatic rings. The SMILES string of the molecule is c1cc(CN2C3CCC2c2cnc(N4CCOCC4)nc2C3)ccn1. The van der Waals surface area contributed by atoms with E-state index in [9.17, 15) is 0 Å². The van der Waals surface area contributed by atoms with Gasteiger partial charge in [-0.15, -0.1) is 0 Å². The fraction of sp³-hybridized carbons (Fsp3) is 0.526. The number of nitrogens with zero attached hydrogens (tertiary/aromatic N) is 5. The Bertz CT molecular complexity index is 747. The van der Waals surface area contributed by atoms with E-state index in [-0.39, 0.29) is 0 Å². The third kappa shape index (κ3) is 2.79. The maximum atomic E-state index is 5.44. The number of ether oxygens (including phenoxy) is 1. The quantitative estimate of drug-likeness (QED) is 0.853. The molecule has 6 nitrogen and oxygen atoms in total. The lowest BCUT2D eigenvalue weighted by atomic mass is 9.98. The highest BCUT2D eigenvalue weighted by molar-refractivity contribution is 5.37. The van der Waals surface area contributed by atoms with Crippen molar-refractivity contribution in [2.24, 2.45) is 0 Å². The molecule has 0 aromatic carbocycles. The molecule has 0 saturated carbocycles. The number of pyridine rings is 1. The maximum absolute atomic E-state index is 5.44. The van der Waals surface area contributed by atoms with Crippen LogP contribution >= 0.6 is 0 Å². The number of fused-ring (bicyclic) bond motifs is 4. The number of hydrogen-bond donors (Lipinski definition) is 0. The average molecular weight is 337 g/mol. The Labute approximate surface area is 147 Å². The summed E-state index contributed by atoms with van der Waals surface area (Å²) in [6.45, 7) is 4.30. The van der Waals surface area contributed by atoms with E-state index in [2.05, 4.69) is 33.1 Å². The Morgan fingerprint density at radius 3 is 2.80 bits per heavy atom. The number of hydrogen-bond acceptors (Lipinski definition) is 6. The van der Waals surface area contributed by atoms with Crippen LogP contribution in [0.4, 0.5) is 5.95 Å². The van der Waals surface area contributed by atoms with Crippen LogP contribution in [0.25, 0.3) is 0 Å². The largest absolute Gasteiger partial charge is 0.378 e. The second kappa shape index (κ2) is 6.35. The zero-order valence-electron chi connectivity index (χ0n) is 14.3. The Morgan fingerprint density at radius 2 is 1.96 bits per heavy atom. The van der Waals surface area contributed by atoms with Crippen LogP contribution in [0.1, 0.15) is 35.7 Å². The van der Waals surface area contributed by atoms with Crippen molar-refractivity contribution >= 4 is 5.95 Å². The van der Waals surface area contributed by atoms with Gasteiger partial charge in [-0.1, -0.05) is 0 Å². The molecule has 2 aromatic rings.